The van der Waals surface area contributed by atoms with Gasteiger partial charge in [-0.2, -0.15) is 0 Å². The van der Waals surface area contributed by atoms with E-state index in [1.165, 1.54) is 0 Å². The van der Waals surface area contributed by atoms with Gasteiger partial charge < -0.3 is 24.8 Å². The van der Waals surface area contributed by atoms with Crippen LogP contribution in [0, 0.1) is 0 Å². The number of benzene rings is 1. The van der Waals surface area contributed by atoms with E-state index in [-0.39, 0.29) is 12.5 Å². The lowest BCUT2D eigenvalue weighted by Crippen LogP contribution is -2.35. The van der Waals surface area contributed by atoms with Gasteiger partial charge >= 0.3 is 0 Å². The van der Waals surface area contributed by atoms with Gasteiger partial charge in [0.05, 0.1) is 13.2 Å². The van der Waals surface area contributed by atoms with Crippen LogP contribution < -0.4 is 20.1 Å². The lowest BCUT2D eigenvalue weighted by molar-refractivity contribution is -0.120. The zero-order valence-corrected chi connectivity index (χ0v) is 11.6. The number of fused-ring (bicyclic) bond motifs is 1. The molecule has 0 fully saturated rings. The molecule has 1 aliphatic rings. The largest absolute Gasteiger partial charge is 0.486 e. The Morgan fingerprint density at radius 2 is 2.20 bits per heavy atom. The quantitative estimate of drug-likeness (QED) is 0.704. The molecule has 6 heteroatoms. The van der Waals surface area contributed by atoms with Crippen molar-refractivity contribution in [1.82, 2.24) is 10.6 Å². The highest BCUT2D eigenvalue weighted by Gasteiger charge is 2.15. The van der Waals surface area contributed by atoms with Crippen molar-refractivity contribution in [3.63, 3.8) is 0 Å². The number of methoxy groups -OCH3 is 1. The smallest absolute Gasteiger partial charge is 0.234 e. The van der Waals surface area contributed by atoms with Crippen molar-refractivity contribution >= 4 is 5.91 Å². The Morgan fingerprint density at radius 1 is 1.35 bits per heavy atom. The van der Waals surface area contributed by atoms with E-state index in [1.54, 1.807) is 7.11 Å². The summed E-state index contributed by atoms with van der Waals surface area (Å²) in [5.74, 6) is 1.48. The fraction of sp³-hybridized carbons (Fsp3) is 0.500. The molecule has 0 saturated heterocycles. The van der Waals surface area contributed by atoms with Crippen LogP contribution in [0.4, 0.5) is 0 Å². The zero-order chi connectivity index (χ0) is 14.2. The van der Waals surface area contributed by atoms with E-state index in [4.69, 9.17) is 14.2 Å². The lowest BCUT2D eigenvalue weighted by Gasteiger charge is -2.21. The fourth-order valence-electron chi connectivity index (χ4n) is 1.94. The van der Waals surface area contributed by atoms with Crippen LogP contribution in [-0.2, 0) is 16.1 Å². The van der Waals surface area contributed by atoms with E-state index >= 15 is 0 Å². The summed E-state index contributed by atoms with van der Waals surface area (Å²) in [6, 6.07) is 5.77. The van der Waals surface area contributed by atoms with Gasteiger partial charge in [-0.3, -0.25) is 4.79 Å². The van der Waals surface area contributed by atoms with Crippen molar-refractivity contribution in [2.45, 2.75) is 6.54 Å². The van der Waals surface area contributed by atoms with Gasteiger partial charge in [0.1, 0.15) is 13.2 Å². The third-order valence-corrected chi connectivity index (χ3v) is 2.88. The molecule has 0 spiro atoms. The minimum absolute atomic E-state index is 0.0518. The Morgan fingerprint density at radius 3 is 3.05 bits per heavy atom. The highest BCUT2D eigenvalue weighted by molar-refractivity contribution is 5.77. The molecule has 0 unspecified atom stereocenters. The van der Waals surface area contributed by atoms with Crippen molar-refractivity contribution in [2.24, 2.45) is 0 Å². The summed E-state index contributed by atoms with van der Waals surface area (Å²) in [4.78, 5) is 11.5. The summed E-state index contributed by atoms with van der Waals surface area (Å²) in [7, 11) is 1.60. The highest BCUT2D eigenvalue weighted by Crippen LogP contribution is 2.33. The van der Waals surface area contributed by atoms with Crippen LogP contribution in [-0.4, -0.2) is 45.9 Å². The molecule has 1 aliphatic heterocycles. The van der Waals surface area contributed by atoms with E-state index < -0.39 is 0 Å². The Hall–Kier alpha value is -1.79. The maximum Gasteiger partial charge on any atom is 0.234 e. The number of carbonyl (C=O) groups is 1. The third-order valence-electron chi connectivity index (χ3n) is 2.88. The van der Waals surface area contributed by atoms with Gasteiger partial charge in [0.2, 0.25) is 5.91 Å². The first-order valence-corrected chi connectivity index (χ1v) is 6.65. The predicted molar refractivity (Wildman–Crippen MR) is 74.0 cm³/mol. The summed E-state index contributed by atoms with van der Waals surface area (Å²) in [5, 5.41) is 5.84. The Labute approximate surface area is 118 Å². The molecule has 0 bridgehead atoms. The van der Waals surface area contributed by atoms with Crippen LogP contribution in [0.5, 0.6) is 11.5 Å². The number of ether oxygens (including phenoxy) is 3. The van der Waals surface area contributed by atoms with Crippen LogP contribution in [0.3, 0.4) is 0 Å². The zero-order valence-electron chi connectivity index (χ0n) is 11.6. The first-order valence-electron chi connectivity index (χ1n) is 6.65. The average molecular weight is 280 g/mol. The Balaban J connectivity index is 1.78. The van der Waals surface area contributed by atoms with Crippen molar-refractivity contribution < 1.29 is 19.0 Å². The first-order chi connectivity index (χ1) is 9.81. The highest BCUT2D eigenvalue weighted by atomic mass is 16.6. The number of para-hydroxylation sites is 1. The van der Waals surface area contributed by atoms with Gasteiger partial charge in [-0.15, -0.1) is 0 Å². The number of hydrogen-bond acceptors (Lipinski definition) is 5. The van der Waals surface area contributed by atoms with Crippen LogP contribution in [0.25, 0.3) is 0 Å². The topological polar surface area (TPSA) is 68.8 Å². The van der Waals surface area contributed by atoms with Crippen LogP contribution in [0.2, 0.25) is 0 Å². The van der Waals surface area contributed by atoms with Crippen LogP contribution in [0.1, 0.15) is 5.56 Å². The molecular weight excluding hydrogens is 260 g/mol. The predicted octanol–water partition coefficient (Wildman–Crippen LogP) is 0.310. The minimum atomic E-state index is -0.0518. The molecule has 2 rings (SSSR count). The van der Waals surface area contributed by atoms with Crippen molar-refractivity contribution in [1.29, 1.82) is 0 Å². The second-order valence-electron chi connectivity index (χ2n) is 4.39. The van der Waals surface area contributed by atoms with Gasteiger partial charge in [0.15, 0.2) is 11.5 Å². The van der Waals surface area contributed by atoms with Gasteiger partial charge in [-0.25, -0.2) is 0 Å². The van der Waals surface area contributed by atoms with Crippen molar-refractivity contribution in [3.05, 3.63) is 23.8 Å². The van der Waals surface area contributed by atoms with Crippen LogP contribution in [0.15, 0.2) is 18.2 Å². The van der Waals surface area contributed by atoms with Gasteiger partial charge in [0.25, 0.3) is 0 Å². The summed E-state index contributed by atoms with van der Waals surface area (Å²) in [6.07, 6.45) is 0. The normalized spacial score (nSPS) is 13.1. The maximum atomic E-state index is 11.5. The molecule has 1 aromatic rings. The molecule has 6 nitrogen and oxygen atoms in total. The molecule has 110 valence electrons. The number of nitrogens with one attached hydrogen (secondary N) is 2. The lowest BCUT2D eigenvalue weighted by atomic mass is 10.1. The van der Waals surface area contributed by atoms with Gasteiger partial charge in [-0.05, 0) is 6.07 Å². The number of hydrogen-bond donors (Lipinski definition) is 2. The molecular formula is C14H20N2O4. The second-order valence-corrected chi connectivity index (χ2v) is 4.39. The molecule has 0 saturated carbocycles. The van der Waals surface area contributed by atoms with E-state index in [1.807, 2.05) is 18.2 Å². The van der Waals surface area contributed by atoms with E-state index in [0.717, 1.165) is 17.1 Å². The SMILES string of the molecule is COCCNC(=O)CNCc1cccc2c1OCCO2. The molecule has 1 heterocycles. The molecule has 1 aromatic carbocycles. The van der Waals surface area contributed by atoms with Gasteiger partial charge in [0, 0.05) is 25.8 Å². The van der Waals surface area contributed by atoms with Crippen LogP contribution >= 0.6 is 0 Å². The van der Waals surface area contributed by atoms with E-state index in [0.29, 0.717) is 32.9 Å². The monoisotopic (exact) mass is 280 g/mol. The number of rotatable bonds is 7. The second kappa shape index (κ2) is 7.72. The Kier molecular flexibility index (Phi) is 5.64. The average Bonchev–Trinajstić information content (AvgIpc) is 2.48. The van der Waals surface area contributed by atoms with E-state index in [9.17, 15) is 4.79 Å². The van der Waals surface area contributed by atoms with Crippen molar-refractivity contribution in [2.75, 3.05) is 40.0 Å². The number of carbonyl (C=O) groups excluding carboxylic acids is 1. The molecule has 0 aliphatic carbocycles. The molecule has 1 amide bonds. The minimum Gasteiger partial charge on any atom is -0.486 e. The summed E-state index contributed by atoms with van der Waals surface area (Å²) in [5.41, 5.74) is 0.992. The van der Waals surface area contributed by atoms with Crippen molar-refractivity contribution in [3.8, 4) is 11.5 Å². The maximum absolute atomic E-state index is 11.5. The fourth-order valence-corrected chi connectivity index (χ4v) is 1.94. The summed E-state index contributed by atoms with van der Waals surface area (Å²) < 4.78 is 16.0. The van der Waals surface area contributed by atoms with Gasteiger partial charge in [-0.1, -0.05) is 12.1 Å². The molecule has 0 radical (unpaired) electrons. The molecule has 0 atom stereocenters. The Bertz CT molecular complexity index is 451. The first kappa shape index (κ1) is 14.6. The molecule has 20 heavy (non-hydrogen) atoms. The summed E-state index contributed by atoms with van der Waals surface area (Å²) in [6.45, 7) is 2.99. The standard InChI is InChI=1S/C14H20N2O4/c1-18-6-5-16-13(17)10-15-9-11-3-2-4-12-14(11)20-8-7-19-12/h2-4,15H,5-10H2,1H3,(H,16,17). The summed E-state index contributed by atoms with van der Waals surface area (Å²) >= 11 is 0. The molecule has 2 N–H and O–H groups in total. The third kappa shape index (κ3) is 4.11. The molecule has 0 aromatic heterocycles. The number of amides is 1. The van der Waals surface area contributed by atoms with E-state index in [2.05, 4.69) is 10.6 Å².